The number of amidine groups is 1. The Hall–Kier alpha value is -5.07. The molecule has 0 radical (unpaired) electrons. The fraction of sp³-hybridized carbons (Fsp3) is 0.200. The zero-order chi connectivity index (χ0) is 27.8. The molecule has 12 nitrogen and oxygen atoms in total. The van der Waals surface area contributed by atoms with Crippen molar-refractivity contribution in [3.8, 4) is 17.6 Å². The highest BCUT2D eigenvalue weighted by atomic mass is 19.1. The molecule has 4 aromatic rings. The van der Waals surface area contributed by atoms with Crippen molar-refractivity contribution in [1.82, 2.24) is 24.7 Å². The van der Waals surface area contributed by atoms with Gasteiger partial charge < -0.3 is 20.3 Å². The van der Waals surface area contributed by atoms with Crippen LogP contribution in [-0.4, -0.2) is 55.9 Å². The Kier molecular flexibility index (Phi) is 8.87. The van der Waals surface area contributed by atoms with Crippen LogP contribution in [0.4, 0.5) is 4.39 Å². The van der Waals surface area contributed by atoms with Gasteiger partial charge in [-0.1, -0.05) is 24.3 Å². The van der Waals surface area contributed by atoms with Crippen LogP contribution in [0, 0.1) is 11.2 Å². The number of rotatable bonds is 8. The predicted molar refractivity (Wildman–Crippen MR) is 136 cm³/mol. The highest BCUT2D eigenvalue weighted by Gasteiger charge is 2.24. The number of ether oxygens (including phenoxy) is 2. The maximum atomic E-state index is 14.3. The minimum atomic E-state index is -0.833. The predicted octanol–water partition coefficient (Wildman–Crippen LogP) is 2.26. The first-order chi connectivity index (χ1) is 18.1. The number of halogens is 1. The fourth-order valence-electron chi connectivity index (χ4n) is 3.51. The summed E-state index contributed by atoms with van der Waals surface area (Å²) in [4.78, 5) is 32.6. The zero-order valence-electron chi connectivity index (χ0n) is 20.8. The van der Waals surface area contributed by atoms with E-state index >= 15 is 0 Å². The lowest BCUT2D eigenvalue weighted by atomic mass is 9.91. The van der Waals surface area contributed by atoms with Crippen LogP contribution < -0.4 is 20.9 Å². The Morgan fingerprint density at radius 1 is 1.18 bits per heavy atom. The van der Waals surface area contributed by atoms with Gasteiger partial charge >= 0.3 is 5.69 Å². The number of benzene rings is 1. The molecule has 3 aromatic heterocycles. The zero-order valence-corrected chi connectivity index (χ0v) is 20.8. The van der Waals surface area contributed by atoms with Gasteiger partial charge in [-0.15, -0.1) is 5.10 Å². The van der Waals surface area contributed by atoms with E-state index in [-0.39, 0.29) is 11.7 Å². The van der Waals surface area contributed by atoms with Crippen LogP contribution in [0.1, 0.15) is 35.4 Å². The Bertz CT molecular complexity index is 1460. The molecule has 0 spiro atoms. The number of nitrogen functional groups attached to an aromatic ring is 1. The standard InChI is InChI=1S/C23H22FN7O3.C2H4O2/c1-33-18-11-15(12-19(28-18)34-2)16(10-13-5-7-14(8-6-13)20(25)26)21-29-23(32)31(30-21)22-17(24)4-3-9-27-22;1-2(3)4/h3-9,11-12,16H,10H2,1-2H3,(H3,25,26)(H,29,30,32);1H3,(H,3,4). The Morgan fingerprint density at radius 2 is 1.79 bits per heavy atom. The summed E-state index contributed by atoms with van der Waals surface area (Å²) in [5, 5.41) is 19.4. The number of H-pyrrole nitrogens is 1. The molecule has 38 heavy (non-hydrogen) atoms. The number of nitrogens with two attached hydrogens (primary N) is 1. The summed E-state index contributed by atoms with van der Waals surface area (Å²) in [5.74, 6) is -1.29. The van der Waals surface area contributed by atoms with Crippen LogP contribution >= 0.6 is 0 Å². The summed E-state index contributed by atoms with van der Waals surface area (Å²) >= 11 is 0. The molecule has 0 saturated heterocycles. The molecule has 1 unspecified atom stereocenters. The van der Waals surface area contributed by atoms with Crippen LogP contribution in [0.3, 0.4) is 0 Å². The summed E-state index contributed by atoms with van der Waals surface area (Å²) in [6, 6.07) is 13.2. The van der Waals surface area contributed by atoms with Gasteiger partial charge in [0.15, 0.2) is 11.6 Å². The molecule has 1 atom stereocenters. The van der Waals surface area contributed by atoms with Crippen molar-refractivity contribution in [2.45, 2.75) is 19.3 Å². The van der Waals surface area contributed by atoms with Crippen molar-refractivity contribution in [3.05, 3.63) is 93.5 Å². The van der Waals surface area contributed by atoms with Crippen molar-refractivity contribution in [1.29, 1.82) is 5.41 Å². The number of hydrogen-bond donors (Lipinski definition) is 4. The van der Waals surface area contributed by atoms with Gasteiger partial charge in [0, 0.05) is 36.7 Å². The molecule has 0 aliphatic rings. The molecule has 0 bridgehead atoms. The van der Waals surface area contributed by atoms with Gasteiger partial charge in [0.25, 0.3) is 5.97 Å². The molecule has 198 valence electrons. The number of pyridine rings is 2. The number of methoxy groups -OCH3 is 2. The van der Waals surface area contributed by atoms with E-state index in [1.165, 1.54) is 32.5 Å². The quantitative estimate of drug-likeness (QED) is 0.199. The average molecular weight is 524 g/mol. The maximum Gasteiger partial charge on any atom is 0.349 e. The highest BCUT2D eigenvalue weighted by Crippen LogP contribution is 2.30. The van der Waals surface area contributed by atoms with E-state index in [9.17, 15) is 9.18 Å². The normalized spacial score (nSPS) is 11.2. The first-order valence-corrected chi connectivity index (χ1v) is 11.2. The SMILES string of the molecule is CC(=O)O.COc1cc(C(Cc2ccc(C(=N)N)cc2)c2nn(-c3ncccc3F)c(=O)[nH]2)cc(OC)n1. The number of aliphatic carboxylic acids is 1. The van der Waals surface area contributed by atoms with Crippen LogP contribution in [-0.2, 0) is 11.2 Å². The molecule has 1 aromatic carbocycles. The second kappa shape index (κ2) is 12.3. The van der Waals surface area contributed by atoms with E-state index in [1.54, 1.807) is 24.3 Å². The molecule has 5 N–H and O–H groups in total. The van der Waals surface area contributed by atoms with E-state index in [0.29, 0.717) is 35.1 Å². The summed E-state index contributed by atoms with van der Waals surface area (Å²) < 4.78 is 25.8. The van der Waals surface area contributed by atoms with E-state index in [1.807, 2.05) is 12.1 Å². The van der Waals surface area contributed by atoms with Gasteiger partial charge in [-0.2, -0.15) is 9.67 Å². The third kappa shape index (κ3) is 6.78. The monoisotopic (exact) mass is 523 g/mol. The minimum Gasteiger partial charge on any atom is -0.481 e. The molecule has 0 fully saturated rings. The summed E-state index contributed by atoms with van der Waals surface area (Å²) in [5.41, 5.74) is 7.13. The fourth-order valence-corrected chi connectivity index (χ4v) is 3.51. The minimum absolute atomic E-state index is 0.0350. The topological polar surface area (TPSA) is 182 Å². The summed E-state index contributed by atoms with van der Waals surface area (Å²) in [6.45, 7) is 1.08. The van der Waals surface area contributed by atoms with E-state index in [0.717, 1.165) is 17.2 Å². The van der Waals surface area contributed by atoms with Gasteiger partial charge in [-0.05, 0) is 29.7 Å². The van der Waals surface area contributed by atoms with Crippen molar-refractivity contribution in [2.75, 3.05) is 14.2 Å². The van der Waals surface area contributed by atoms with E-state index in [2.05, 4.69) is 20.1 Å². The number of carboxylic acid groups (broad SMARTS) is 1. The number of aromatic nitrogens is 5. The number of carbonyl (C=O) groups is 1. The van der Waals surface area contributed by atoms with Crippen molar-refractivity contribution in [3.63, 3.8) is 0 Å². The molecular weight excluding hydrogens is 497 g/mol. The first kappa shape index (κ1) is 27.5. The molecule has 0 amide bonds. The number of hydrogen-bond acceptors (Lipinski definition) is 8. The Balaban J connectivity index is 0.000000934. The second-order valence-corrected chi connectivity index (χ2v) is 7.91. The molecular formula is C25H26FN7O5. The lowest BCUT2D eigenvalue weighted by molar-refractivity contribution is -0.134. The molecule has 4 rings (SSSR count). The summed E-state index contributed by atoms with van der Waals surface area (Å²) in [7, 11) is 2.98. The number of aromatic amines is 1. The first-order valence-electron chi connectivity index (χ1n) is 11.2. The van der Waals surface area contributed by atoms with Crippen LogP contribution in [0.25, 0.3) is 5.82 Å². The maximum absolute atomic E-state index is 14.3. The van der Waals surface area contributed by atoms with Crippen molar-refractivity contribution >= 4 is 11.8 Å². The average Bonchev–Trinajstić information content (AvgIpc) is 3.27. The van der Waals surface area contributed by atoms with E-state index in [4.69, 9.17) is 30.5 Å². The Morgan fingerprint density at radius 3 is 2.32 bits per heavy atom. The second-order valence-electron chi connectivity index (χ2n) is 7.91. The third-order valence-electron chi connectivity index (χ3n) is 5.23. The van der Waals surface area contributed by atoms with Gasteiger partial charge in [-0.3, -0.25) is 15.2 Å². The van der Waals surface area contributed by atoms with Gasteiger partial charge in [0.2, 0.25) is 11.8 Å². The largest absolute Gasteiger partial charge is 0.481 e. The highest BCUT2D eigenvalue weighted by molar-refractivity contribution is 5.94. The van der Waals surface area contributed by atoms with Crippen molar-refractivity contribution < 1.29 is 23.8 Å². The van der Waals surface area contributed by atoms with Gasteiger partial charge in [0.1, 0.15) is 11.7 Å². The molecule has 0 aliphatic heterocycles. The number of nitrogens with one attached hydrogen (secondary N) is 2. The van der Waals surface area contributed by atoms with Crippen LogP contribution in [0.2, 0.25) is 0 Å². The molecule has 3 heterocycles. The van der Waals surface area contributed by atoms with Gasteiger partial charge in [0.05, 0.1) is 14.2 Å². The molecule has 0 saturated carbocycles. The van der Waals surface area contributed by atoms with E-state index < -0.39 is 23.4 Å². The smallest absolute Gasteiger partial charge is 0.349 e. The molecule has 13 heteroatoms. The molecule has 0 aliphatic carbocycles. The van der Waals surface area contributed by atoms with Crippen LogP contribution in [0.15, 0.2) is 59.5 Å². The van der Waals surface area contributed by atoms with Crippen LogP contribution in [0.5, 0.6) is 11.8 Å². The number of nitrogens with zero attached hydrogens (tertiary/aromatic N) is 4. The van der Waals surface area contributed by atoms with Crippen molar-refractivity contribution in [2.24, 2.45) is 5.73 Å². The summed E-state index contributed by atoms with van der Waals surface area (Å²) in [6.07, 6.45) is 1.79. The lowest BCUT2D eigenvalue weighted by Gasteiger charge is -2.17. The van der Waals surface area contributed by atoms with Gasteiger partial charge in [-0.25, -0.2) is 14.2 Å². The lowest BCUT2D eigenvalue weighted by Crippen LogP contribution is -2.18. The third-order valence-corrected chi connectivity index (χ3v) is 5.23. The number of carboxylic acids is 1. The Labute approximate surface area is 216 Å².